The number of halogens is 1. The summed E-state index contributed by atoms with van der Waals surface area (Å²) in [5.41, 5.74) is 0.648. The smallest absolute Gasteiger partial charge is 0.274 e. The molecule has 3 aromatic rings. The van der Waals surface area contributed by atoms with Gasteiger partial charge in [0.1, 0.15) is 21.4 Å². The Morgan fingerprint density at radius 3 is 2.67 bits per heavy atom. The highest BCUT2D eigenvalue weighted by molar-refractivity contribution is 7.98. The molecule has 0 saturated heterocycles. The molecule has 3 aromatic heterocycles. The Hall–Kier alpha value is -2.19. The molecule has 0 aliphatic heterocycles. The van der Waals surface area contributed by atoms with Gasteiger partial charge in [0.25, 0.3) is 5.56 Å². The van der Waals surface area contributed by atoms with Crippen molar-refractivity contribution in [3.8, 4) is 0 Å². The third kappa shape index (κ3) is 3.27. The van der Waals surface area contributed by atoms with Crippen molar-refractivity contribution < 1.29 is 0 Å². The number of pyridine rings is 1. The molecule has 0 spiro atoms. The van der Waals surface area contributed by atoms with Crippen LogP contribution in [0.1, 0.15) is 49.0 Å². The predicted octanol–water partition coefficient (Wildman–Crippen LogP) is 3.03. The molecule has 0 atom stereocenters. The molecule has 9 heteroatoms. The summed E-state index contributed by atoms with van der Waals surface area (Å²) in [4.78, 5) is 40.8. The molecule has 2 fully saturated rings. The number of rotatable bonds is 5. The quantitative estimate of drug-likeness (QED) is 0.401. The second-order valence-electron chi connectivity index (χ2n) is 7.00. The molecule has 7 nitrogen and oxygen atoms in total. The Bertz CT molecular complexity index is 1150. The van der Waals surface area contributed by atoms with Gasteiger partial charge in [-0.3, -0.25) is 14.3 Å². The lowest BCUT2D eigenvalue weighted by Crippen LogP contribution is -2.31. The molecule has 0 unspecified atom stereocenters. The minimum absolute atomic E-state index is 0.122. The first-order valence-electron chi connectivity index (χ1n) is 8.90. The third-order valence-electron chi connectivity index (χ3n) is 4.79. The summed E-state index contributed by atoms with van der Waals surface area (Å²) in [6.07, 6.45) is 5.68. The zero-order chi connectivity index (χ0) is 18.5. The fourth-order valence-corrected chi connectivity index (χ4v) is 4.15. The van der Waals surface area contributed by atoms with Crippen molar-refractivity contribution in [2.45, 2.75) is 48.4 Å². The molecule has 3 heterocycles. The normalized spacial score (nSPS) is 16.8. The topological polar surface area (TPSA) is 93.5 Å². The standard InChI is InChI=1S/C18H16ClN5O2S/c19-12-6-1-9(7-20-12)8-27-17-13-15(21-14(22-17)10-2-3-10)24(11-4-5-11)18(26)23-16(13)25/h1,6-7,10-11H,2-5,8H2,(H,23,25,26). The number of H-pyrrole nitrogens is 1. The lowest BCUT2D eigenvalue weighted by Gasteiger charge is -2.12. The second kappa shape index (κ2) is 6.45. The number of aromatic nitrogens is 5. The number of thioether (sulfide) groups is 1. The zero-order valence-electron chi connectivity index (χ0n) is 14.3. The van der Waals surface area contributed by atoms with E-state index >= 15 is 0 Å². The molecule has 27 heavy (non-hydrogen) atoms. The number of hydrogen-bond donors (Lipinski definition) is 1. The van der Waals surface area contributed by atoms with Crippen LogP contribution in [-0.2, 0) is 5.75 Å². The van der Waals surface area contributed by atoms with Crippen molar-refractivity contribution >= 4 is 34.4 Å². The zero-order valence-corrected chi connectivity index (χ0v) is 15.9. The lowest BCUT2D eigenvalue weighted by molar-refractivity contribution is 0.691. The average Bonchev–Trinajstić information content (AvgIpc) is 3.54. The van der Waals surface area contributed by atoms with E-state index in [-0.39, 0.29) is 11.7 Å². The van der Waals surface area contributed by atoms with Gasteiger partial charge in [0, 0.05) is 23.9 Å². The van der Waals surface area contributed by atoms with E-state index in [1.165, 1.54) is 11.8 Å². The summed E-state index contributed by atoms with van der Waals surface area (Å²) < 4.78 is 1.64. The fraction of sp³-hybridized carbons (Fsp3) is 0.389. The number of aromatic amines is 1. The Labute approximate surface area is 163 Å². The van der Waals surface area contributed by atoms with Crippen LogP contribution < -0.4 is 11.2 Å². The van der Waals surface area contributed by atoms with Crippen molar-refractivity contribution in [1.29, 1.82) is 0 Å². The molecule has 0 aromatic carbocycles. The van der Waals surface area contributed by atoms with Gasteiger partial charge in [0.05, 0.1) is 0 Å². The summed E-state index contributed by atoms with van der Waals surface area (Å²) in [6, 6.07) is 3.76. The summed E-state index contributed by atoms with van der Waals surface area (Å²) in [5.74, 6) is 1.66. The SMILES string of the molecule is O=c1[nH]c(=O)n(C2CC2)c2nc(C3CC3)nc(SCc3ccc(Cl)nc3)c12. The fourth-order valence-electron chi connectivity index (χ4n) is 3.08. The highest BCUT2D eigenvalue weighted by Gasteiger charge is 2.32. The van der Waals surface area contributed by atoms with Crippen molar-refractivity contribution in [2.75, 3.05) is 0 Å². The minimum Gasteiger partial charge on any atom is -0.274 e. The molecule has 2 aliphatic carbocycles. The second-order valence-corrected chi connectivity index (χ2v) is 8.35. The van der Waals surface area contributed by atoms with Gasteiger partial charge >= 0.3 is 5.69 Å². The monoisotopic (exact) mass is 401 g/mol. The first-order chi connectivity index (χ1) is 13.1. The van der Waals surface area contributed by atoms with Gasteiger partial charge in [-0.05, 0) is 37.3 Å². The van der Waals surface area contributed by atoms with Crippen molar-refractivity contribution in [1.82, 2.24) is 24.5 Å². The van der Waals surface area contributed by atoms with Gasteiger partial charge in [-0.2, -0.15) is 0 Å². The first-order valence-corrected chi connectivity index (χ1v) is 10.3. The Kier molecular flexibility index (Phi) is 4.05. The maximum Gasteiger partial charge on any atom is 0.330 e. The lowest BCUT2D eigenvalue weighted by atomic mass is 10.3. The van der Waals surface area contributed by atoms with E-state index < -0.39 is 5.56 Å². The molecule has 1 N–H and O–H groups in total. The molecule has 0 radical (unpaired) electrons. The summed E-state index contributed by atoms with van der Waals surface area (Å²) >= 11 is 7.30. The highest BCUT2D eigenvalue weighted by atomic mass is 35.5. The molecule has 2 aliphatic rings. The van der Waals surface area contributed by atoms with E-state index in [9.17, 15) is 9.59 Å². The molecule has 0 bridgehead atoms. The van der Waals surface area contributed by atoms with Gasteiger partial charge in [0.2, 0.25) is 0 Å². The van der Waals surface area contributed by atoms with E-state index in [1.54, 1.807) is 16.8 Å². The highest BCUT2D eigenvalue weighted by Crippen LogP contribution is 2.41. The Balaban J connectivity index is 1.63. The Morgan fingerprint density at radius 2 is 2.00 bits per heavy atom. The molecular formula is C18H16ClN5O2S. The maximum absolute atomic E-state index is 12.6. The summed E-state index contributed by atoms with van der Waals surface area (Å²) in [6.45, 7) is 0. The molecule has 5 rings (SSSR count). The van der Waals surface area contributed by atoms with Gasteiger partial charge in [-0.15, -0.1) is 11.8 Å². The van der Waals surface area contributed by atoms with E-state index in [0.717, 1.165) is 37.1 Å². The van der Waals surface area contributed by atoms with Gasteiger partial charge < -0.3 is 0 Å². The van der Waals surface area contributed by atoms with Crippen molar-refractivity contribution in [3.63, 3.8) is 0 Å². The van der Waals surface area contributed by atoms with Crippen LogP contribution in [0.5, 0.6) is 0 Å². The third-order valence-corrected chi connectivity index (χ3v) is 6.06. The largest absolute Gasteiger partial charge is 0.330 e. The van der Waals surface area contributed by atoms with Crippen LogP contribution in [0.4, 0.5) is 0 Å². The van der Waals surface area contributed by atoms with Gasteiger partial charge in [-0.1, -0.05) is 17.7 Å². The van der Waals surface area contributed by atoms with Crippen molar-refractivity contribution in [3.05, 3.63) is 55.7 Å². The van der Waals surface area contributed by atoms with Crippen LogP contribution in [0.3, 0.4) is 0 Å². The van der Waals surface area contributed by atoms with E-state index in [0.29, 0.717) is 32.9 Å². The van der Waals surface area contributed by atoms with Crippen LogP contribution in [-0.4, -0.2) is 24.5 Å². The van der Waals surface area contributed by atoms with E-state index in [1.807, 2.05) is 6.07 Å². The van der Waals surface area contributed by atoms with Gasteiger partial charge in [0.15, 0.2) is 5.65 Å². The van der Waals surface area contributed by atoms with Crippen LogP contribution in [0, 0.1) is 0 Å². The number of hydrogen-bond acceptors (Lipinski definition) is 6. The van der Waals surface area contributed by atoms with Crippen LogP contribution in [0.25, 0.3) is 11.0 Å². The van der Waals surface area contributed by atoms with Crippen molar-refractivity contribution in [2.24, 2.45) is 0 Å². The Morgan fingerprint density at radius 1 is 1.19 bits per heavy atom. The summed E-state index contributed by atoms with van der Waals surface area (Å²) in [7, 11) is 0. The van der Waals surface area contributed by atoms with Crippen LogP contribution in [0.15, 0.2) is 32.9 Å². The van der Waals surface area contributed by atoms with E-state index in [4.69, 9.17) is 11.6 Å². The number of fused-ring (bicyclic) bond motifs is 1. The first kappa shape index (κ1) is 16.9. The molecule has 2 saturated carbocycles. The molecule has 0 amide bonds. The van der Waals surface area contributed by atoms with E-state index in [2.05, 4.69) is 19.9 Å². The molecular weight excluding hydrogens is 386 g/mol. The maximum atomic E-state index is 12.6. The van der Waals surface area contributed by atoms with Crippen LogP contribution >= 0.6 is 23.4 Å². The number of nitrogens with zero attached hydrogens (tertiary/aromatic N) is 4. The minimum atomic E-state index is -0.425. The van der Waals surface area contributed by atoms with Crippen LogP contribution in [0.2, 0.25) is 5.15 Å². The predicted molar refractivity (Wildman–Crippen MR) is 103 cm³/mol. The molecule has 138 valence electrons. The average molecular weight is 402 g/mol. The van der Waals surface area contributed by atoms with Gasteiger partial charge in [-0.25, -0.2) is 19.7 Å². The summed E-state index contributed by atoms with van der Waals surface area (Å²) in [5, 5.41) is 1.46. The number of nitrogens with one attached hydrogen (secondary N) is 1.